The lowest BCUT2D eigenvalue weighted by molar-refractivity contribution is -0.150. The molecule has 0 spiro atoms. The van der Waals surface area contributed by atoms with E-state index in [2.05, 4.69) is 0 Å². The second kappa shape index (κ2) is 10.4. The van der Waals surface area contributed by atoms with Gasteiger partial charge in [-0.25, -0.2) is 0 Å². The van der Waals surface area contributed by atoms with Gasteiger partial charge in [-0.05, 0) is 47.0 Å². The fourth-order valence-electron chi connectivity index (χ4n) is 2.62. The van der Waals surface area contributed by atoms with Crippen LogP contribution in [0.2, 0.25) is 0 Å². The van der Waals surface area contributed by atoms with E-state index in [4.69, 9.17) is 9.47 Å². The molecule has 4 nitrogen and oxygen atoms in total. The lowest BCUT2D eigenvalue weighted by Crippen LogP contribution is -2.41. The van der Waals surface area contributed by atoms with Crippen LogP contribution in [0.15, 0.2) is 0 Å². The molecule has 0 aromatic heterocycles. The van der Waals surface area contributed by atoms with E-state index >= 15 is 0 Å². The van der Waals surface area contributed by atoms with Gasteiger partial charge < -0.3 is 9.47 Å². The third kappa shape index (κ3) is 8.00. The van der Waals surface area contributed by atoms with Crippen molar-refractivity contribution >= 4 is 11.6 Å². The number of ketones is 2. The standard InChI is InChI=1S/C21H40O4/c1-10-16(19(23)20(6,7)12-3)14-24-21(8,9)18(22)13-17(11-2)25-15(4)5/h15-17H,10-14H2,1-9H3. The van der Waals surface area contributed by atoms with Gasteiger partial charge in [0.2, 0.25) is 0 Å². The summed E-state index contributed by atoms with van der Waals surface area (Å²) < 4.78 is 11.7. The second-order valence-electron chi connectivity index (χ2n) is 8.37. The Morgan fingerprint density at radius 3 is 1.92 bits per heavy atom. The zero-order valence-corrected chi connectivity index (χ0v) is 17.9. The molecule has 148 valence electrons. The molecule has 0 saturated carbocycles. The first-order chi connectivity index (χ1) is 11.4. The number of rotatable bonds is 13. The van der Waals surface area contributed by atoms with Crippen LogP contribution in [0.3, 0.4) is 0 Å². The van der Waals surface area contributed by atoms with Crippen LogP contribution in [-0.2, 0) is 19.1 Å². The average molecular weight is 357 g/mol. The van der Waals surface area contributed by atoms with Crippen LogP contribution in [0.1, 0.15) is 88.0 Å². The summed E-state index contributed by atoms with van der Waals surface area (Å²) in [5, 5.41) is 0. The Labute approximate surface area is 155 Å². The molecule has 4 heteroatoms. The third-order valence-corrected chi connectivity index (χ3v) is 5.06. The van der Waals surface area contributed by atoms with Crippen LogP contribution in [0, 0.1) is 11.3 Å². The molecule has 0 aliphatic rings. The van der Waals surface area contributed by atoms with Crippen LogP contribution in [0.5, 0.6) is 0 Å². The molecular weight excluding hydrogens is 316 g/mol. The van der Waals surface area contributed by atoms with Gasteiger partial charge in [0, 0.05) is 17.8 Å². The van der Waals surface area contributed by atoms with Crippen molar-refractivity contribution in [1.82, 2.24) is 0 Å². The van der Waals surface area contributed by atoms with Gasteiger partial charge in [0.05, 0.1) is 18.8 Å². The van der Waals surface area contributed by atoms with Gasteiger partial charge in [0.25, 0.3) is 0 Å². The van der Waals surface area contributed by atoms with Gasteiger partial charge in [-0.3, -0.25) is 9.59 Å². The Hall–Kier alpha value is -0.740. The zero-order valence-electron chi connectivity index (χ0n) is 17.9. The largest absolute Gasteiger partial charge is 0.375 e. The molecule has 0 amide bonds. The maximum absolute atomic E-state index is 12.7. The normalized spacial score (nSPS) is 15.3. The van der Waals surface area contributed by atoms with Crippen LogP contribution >= 0.6 is 0 Å². The molecule has 0 aromatic rings. The van der Waals surface area contributed by atoms with E-state index in [1.807, 2.05) is 48.5 Å². The molecule has 0 aliphatic heterocycles. The van der Waals surface area contributed by atoms with Gasteiger partial charge >= 0.3 is 0 Å². The summed E-state index contributed by atoms with van der Waals surface area (Å²) in [7, 11) is 0. The Kier molecular flexibility index (Phi) is 10.1. The molecular formula is C21H40O4. The Balaban J connectivity index is 4.82. The van der Waals surface area contributed by atoms with Crippen molar-refractivity contribution in [3.63, 3.8) is 0 Å². The number of hydrogen-bond acceptors (Lipinski definition) is 4. The molecule has 0 fully saturated rings. The summed E-state index contributed by atoms with van der Waals surface area (Å²) in [5.74, 6) is 0.0725. The van der Waals surface area contributed by atoms with Crippen molar-refractivity contribution in [2.75, 3.05) is 6.61 Å². The minimum Gasteiger partial charge on any atom is -0.375 e. The first kappa shape index (κ1) is 24.3. The highest BCUT2D eigenvalue weighted by atomic mass is 16.5. The van der Waals surface area contributed by atoms with E-state index in [0.29, 0.717) is 13.0 Å². The highest BCUT2D eigenvalue weighted by molar-refractivity contribution is 5.87. The summed E-state index contributed by atoms with van der Waals surface area (Å²) >= 11 is 0. The number of hydrogen-bond donors (Lipinski definition) is 0. The Morgan fingerprint density at radius 1 is 0.960 bits per heavy atom. The van der Waals surface area contributed by atoms with E-state index in [1.165, 1.54) is 0 Å². The third-order valence-electron chi connectivity index (χ3n) is 5.06. The van der Waals surface area contributed by atoms with Gasteiger partial charge in [-0.15, -0.1) is 0 Å². The van der Waals surface area contributed by atoms with Gasteiger partial charge in [-0.1, -0.05) is 34.6 Å². The number of carbonyl (C=O) groups is 2. The molecule has 0 rings (SSSR count). The van der Waals surface area contributed by atoms with Gasteiger partial charge in [0.15, 0.2) is 5.78 Å². The maximum Gasteiger partial charge on any atom is 0.166 e. The van der Waals surface area contributed by atoms with Crippen molar-refractivity contribution in [3.8, 4) is 0 Å². The quantitative estimate of drug-likeness (QED) is 0.467. The van der Waals surface area contributed by atoms with Crippen molar-refractivity contribution in [2.45, 2.75) is 106 Å². The smallest absolute Gasteiger partial charge is 0.166 e. The molecule has 2 atom stereocenters. The highest BCUT2D eigenvalue weighted by Crippen LogP contribution is 2.28. The predicted octanol–water partition coefficient (Wildman–Crippen LogP) is 4.98. The minimum absolute atomic E-state index is 0.0250. The first-order valence-electron chi connectivity index (χ1n) is 9.78. The van der Waals surface area contributed by atoms with Crippen molar-refractivity contribution in [1.29, 1.82) is 0 Å². The summed E-state index contributed by atoms with van der Waals surface area (Å²) in [4.78, 5) is 25.3. The maximum atomic E-state index is 12.7. The number of ether oxygens (including phenoxy) is 2. The summed E-state index contributed by atoms with van der Waals surface area (Å²) in [6, 6.07) is 0. The molecule has 0 bridgehead atoms. The first-order valence-corrected chi connectivity index (χ1v) is 9.78. The lowest BCUT2D eigenvalue weighted by atomic mass is 9.78. The predicted molar refractivity (Wildman–Crippen MR) is 103 cm³/mol. The Bertz CT molecular complexity index is 424. The van der Waals surface area contributed by atoms with Crippen molar-refractivity contribution in [2.24, 2.45) is 11.3 Å². The fourth-order valence-corrected chi connectivity index (χ4v) is 2.62. The molecule has 0 aliphatic carbocycles. The number of Topliss-reactive ketones (excluding diaryl/α,β-unsaturated/α-hetero) is 2. The van der Waals surface area contributed by atoms with Gasteiger partial charge in [0.1, 0.15) is 11.4 Å². The highest BCUT2D eigenvalue weighted by Gasteiger charge is 2.35. The molecule has 25 heavy (non-hydrogen) atoms. The van der Waals surface area contributed by atoms with E-state index in [-0.39, 0.29) is 35.1 Å². The van der Waals surface area contributed by atoms with Crippen LogP contribution < -0.4 is 0 Å². The monoisotopic (exact) mass is 356 g/mol. The molecule has 0 saturated heterocycles. The van der Waals surface area contributed by atoms with Crippen molar-refractivity contribution < 1.29 is 19.1 Å². The SMILES string of the molecule is CCC(CC(=O)C(C)(C)OCC(CC)C(=O)C(C)(C)CC)OC(C)C. The van der Waals surface area contributed by atoms with Gasteiger partial charge in [-0.2, -0.15) is 0 Å². The summed E-state index contributed by atoms with van der Waals surface area (Å²) in [5.41, 5.74) is -1.26. The van der Waals surface area contributed by atoms with E-state index < -0.39 is 5.60 Å². The van der Waals surface area contributed by atoms with E-state index in [9.17, 15) is 9.59 Å². The Morgan fingerprint density at radius 2 is 1.52 bits per heavy atom. The molecule has 0 N–H and O–H groups in total. The van der Waals surface area contributed by atoms with Crippen LogP contribution in [-0.4, -0.2) is 36.0 Å². The van der Waals surface area contributed by atoms with Crippen LogP contribution in [0.25, 0.3) is 0 Å². The second-order valence-corrected chi connectivity index (χ2v) is 8.37. The average Bonchev–Trinajstić information content (AvgIpc) is 2.53. The van der Waals surface area contributed by atoms with Crippen molar-refractivity contribution in [3.05, 3.63) is 0 Å². The topological polar surface area (TPSA) is 52.6 Å². The zero-order chi connectivity index (χ0) is 19.8. The molecule has 0 heterocycles. The molecule has 2 unspecified atom stereocenters. The summed E-state index contributed by atoms with van der Waals surface area (Å²) in [6.07, 6.45) is 2.67. The molecule has 0 aromatic carbocycles. The lowest BCUT2D eigenvalue weighted by Gasteiger charge is -2.31. The fraction of sp³-hybridized carbons (Fsp3) is 0.905. The molecule has 0 radical (unpaired) electrons. The van der Waals surface area contributed by atoms with Crippen LogP contribution in [0.4, 0.5) is 0 Å². The minimum atomic E-state index is -0.905. The summed E-state index contributed by atoms with van der Waals surface area (Å²) in [6.45, 7) is 17.8. The number of carbonyl (C=O) groups excluding carboxylic acids is 2. The van der Waals surface area contributed by atoms with E-state index in [1.54, 1.807) is 13.8 Å². The van der Waals surface area contributed by atoms with E-state index in [0.717, 1.165) is 19.3 Å².